The van der Waals surface area contributed by atoms with Crippen LogP contribution in [0.15, 0.2) is 84.9 Å². The lowest BCUT2D eigenvalue weighted by atomic mass is 10.1. The molecule has 0 spiro atoms. The van der Waals surface area contributed by atoms with E-state index < -0.39 is 4.92 Å². The summed E-state index contributed by atoms with van der Waals surface area (Å²) < 4.78 is 12.4. The van der Waals surface area contributed by atoms with E-state index in [1.165, 1.54) is 16.8 Å². The van der Waals surface area contributed by atoms with Crippen molar-refractivity contribution in [3.05, 3.63) is 106 Å². The standard InChI is InChI=1S/C31H31N5O5/c1-40-26-13-14-27(30(21-26)41-2)28-22-29(35(32-28)24-11-6-12-25(20-24)36(38)39)31(37)34-18-16-33(17-19-34)15-7-10-23-8-4-3-5-9-23/h3-14,20-22H,15-19H2,1-2H3. The molecule has 4 aromatic rings. The fraction of sp³-hybridized carbons (Fsp3) is 0.226. The van der Waals surface area contributed by atoms with Crippen LogP contribution < -0.4 is 9.47 Å². The Kier molecular flexibility index (Phi) is 8.40. The number of amides is 1. The van der Waals surface area contributed by atoms with Gasteiger partial charge in [-0.25, -0.2) is 4.68 Å². The molecule has 210 valence electrons. The van der Waals surface area contributed by atoms with Crippen LogP contribution in [0.2, 0.25) is 0 Å². The van der Waals surface area contributed by atoms with E-state index in [4.69, 9.17) is 14.6 Å². The van der Waals surface area contributed by atoms with Crippen molar-refractivity contribution >= 4 is 17.7 Å². The number of aromatic nitrogens is 2. The second-order valence-corrected chi connectivity index (χ2v) is 9.58. The Balaban J connectivity index is 1.40. The third-order valence-electron chi connectivity index (χ3n) is 7.03. The molecule has 2 heterocycles. The first-order valence-electron chi connectivity index (χ1n) is 13.3. The minimum atomic E-state index is -0.465. The molecular weight excluding hydrogens is 522 g/mol. The van der Waals surface area contributed by atoms with Crippen LogP contribution in [0.5, 0.6) is 11.5 Å². The number of methoxy groups -OCH3 is 2. The van der Waals surface area contributed by atoms with Gasteiger partial charge in [0, 0.05) is 56.5 Å². The molecular formula is C31H31N5O5. The SMILES string of the molecule is COc1ccc(-c2cc(C(=O)N3CCN(CC=Cc4ccccc4)CC3)n(-c3cccc([N+](=O)[O-])c3)n2)c(OC)c1. The summed E-state index contributed by atoms with van der Waals surface area (Å²) in [6, 6.07) is 23.3. The molecule has 0 aliphatic carbocycles. The van der Waals surface area contributed by atoms with E-state index in [2.05, 4.69) is 29.2 Å². The first-order chi connectivity index (χ1) is 20.0. The summed E-state index contributed by atoms with van der Waals surface area (Å²) >= 11 is 0. The summed E-state index contributed by atoms with van der Waals surface area (Å²) in [5, 5.41) is 16.2. The van der Waals surface area contributed by atoms with Crippen LogP contribution in [0, 0.1) is 10.1 Å². The summed E-state index contributed by atoms with van der Waals surface area (Å²) in [6.07, 6.45) is 4.24. The quantitative estimate of drug-likeness (QED) is 0.214. The maximum Gasteiger partial charge on any atom is 0.272 e. The number of non-ortho nitro benzene ring substituents is 1. The Bertz CT molecular complexity index is 1560. The Hall–Kier alpha value is -4.96. The van der Waals surface area contributed by atoms with Gasteiger partial charge in [-0.05, 0) is 29.8 Å². The molecule has 0 radical (unpaired) electrons. The van der Waals surface area contributed by atoms with Crippen LogP contribution in [-0.4, -0.2) is 77.4 Å². The van der Waals surface area contributed by atoms with Crippen molar-refractivity contribution in [1.82, 2.24) is 19.6 Å². The number of carbonyl (C=O) groups is 1. The van der Waals surface area contributed by atoms with Crippen LogP contribution in [0.1, 0.15) is 16.1 Å². The number of nitrogens with zero attached hydrogens (tertiary/aromatic N) is 5. The topological polar surface area (TPSA) is 103 Å². The summed E-state index contributed by atoms with van der Waals surface area (Å²) in [7, 11) is 3.12. The van der Waals surface area contributed by atoms with E-state index in [9.17, 15) is 14.9 Å². The van der Waals surface area contributed by atoms with Gasteiger partial charge in [0.1, 0.15) is 17.2 Å². The second-order valence-electron chi connectivity index (χ2n) is 9.58. The third-order valence-corrected chi connectivity index (χ3v) is 7.03. The zero-order chi connectivity index (χ0) is 28.8. The average molecular weight is 554 g/mol. The van der Waals surface area contributed by atoms with Gasteiger partial charge in [-0.1, -0.05) is 48.6 Å². The number of carbonyl (C=O) groups excluding carboxylic acids is 1. The molecule has 0 saturated carbocycles. The summed E-state index contributed by atoms with van der Waals surface area (Å²) in [6.45, 7) is 3.37. The molecule has 1 aliphatic heterocycles. The fourth-order valence-electron chi connectivity index (χ4n) is 4.81. The largest absolute Gasteiger partial charge is 0.497 e. The van der Waals surface area contributed by atoms with E-state index in [-0.39, 0.29) is 11.6 Å². The normalized spacial score (nSPS) is 13.9. The summed E-state index contributed by atoms with van der Waals surface area (Å²) in [5.74, 6) is 0.961. The minimum absolute atomic E-state index is 0.0860. The van der Waals surface area contributed by atoms with Gasteiger partial charge < -0.3 is 14.4 Å². The second kappa shape index (κ2) is 12.5. The maximum absolute atomic E-state index is 13.9. The number of nitro benzene ring substituents is 1. The molecule has 41 heavy (non-hydrogen) atoms. The number of piperazine rings is 1. The first kappa shape index (κ1) is 27.6. The van der Waals surface area contributed by atoms with Crippen molar-refractivity contribution in [3.8, 4) is 28.4 Å². The highest BCUT2D eigenvalue weighted by Crippen LogP contribution is 2.34. The molecule has 10 heteroatoms. The van der Waals surface area contributed by atoms with Gasteiger partial charge in [-0.2, -0.15) is 5.10 Å². The van der Waals surface area contributed by atoms with Crippen molar-refractivity contribution in [2.45, 2.75) is 0 Å². The molecule has 10 nitrogen and oxygen atoms in total. The molecule has 5 rings (SSSR count). The molecule has 0 bridgehead atoms. The zero-order valence-electron chi connectivity index (χ0n) is 23.0. The molecule has 0 atom stereocenters. The Labute approximate surface area is 238 Å². The van der Waals surface area contributed by atoms with Crippen LogP contribution >= 0.6 is 0 Å². The highest BCUT2D eigenvalue weighted by atomic mass is 16.6. The number of nitro groups is 1. The lowest BCUT2D eigenvalue weighted by Crippen LogP contribution is -2.49. The Morgan fingerprint density at radius 2 is 1.73 bits per heavy atom. The Morgan fingerprint density at radius 1 is 0.951 bits per heavy atom. The third kappa shape index (κ3) is 6.28. The van der Waals surface area contributed by atoms with E-state index in [0.29, 0.717) is 47.2 Å². The lowest BCUT2D eigenvalue weighted by Gasteiger charge is -2.34. The van der Waals surface area contributed by atoms with Crippen molar-refractivity contribution < 1.29 is 19.2 Å². The van der Waals surface area contributed by atoms with Crippen LogP contribution in [-0.2, 0) is 0 Å². The van der Waals surface area contributed by atoms with E-state index in [1.807, 2.05) is 24.3 Å². The number of hydrogen-bond donors (Lipinski definition) is 0. The van der Waals surface area contributed by atoms with E-state index in [0.717, 1.165) is 25.2 Å². The molecule has 0 N–H and O–H groups in total. The van der Waals surface area contributed by atoms with Gasteiger partial charge in [-0.15, -0.1) is 0 Å². The maximum atomic E-state index is 13.9. The summed E-state index contributed by atoms with van der Waals surface area (Å²) in [4.78, 5) is 29.0. The van der Waals surface area contributed by atoms with Gasteiger partial charge >= 0.3 is 0 Å². The smallest absolute Gasteiger partial charge is 0.272 e. The average Bonchev–Trinajstić information content (AvgIpc) is 3.46. The molecule has 1 amide bonds. The molecule has 1 fully saturated rings. The highest BCUT2D eigenvalue weighted by molar-refractivity contribution is 5.94. The van der Waals surface area contributed by atoms with Crippen LogP contribution in [0.4, 0.5) is 5.69 Å². The van der Waals surface area contributed by atoms with Gasteiger partial charge in [-0.3, -0.25) is 19.8 Å². The van der Waals surface area contributed by atoms with Gasteiger partial charge in [0.15, 0.2) is 0 Å². The molecule has 1 saturated heterocycles. The van der Waals surface area contributed by atoms with Crippen LogP contribution in [0.25, 0.3) is 23.0 Å². The predicted octanol–water partition coefficient (Wildman–Crippen LogP) is 4.94. The molecule has 3 aromatic carbocycles. The fourth-order valence-corrected chi connectivity index (χ4v) is 4.81. The minimum Gasteiger partial charge on any atom is -0.497 e. The van der Waals surface area contributed by atoms with Crippen molar-refractivity contribution in [1.29, 1.82) is 0 Å². The number of benzene rings is 3. The van der Waals surface area contributed by atoms with Gasteiger partial charge in [0.2, 0.25) is 0 Å². The first-order valence-corrected chi connectivity index (χ1v) is 13.3. The molecule has 0 unspecified atom stereocenters. The number of hydrogen-bond acceptors (Lipinski definition) is 7. The van der Waals surface area contributed by atoms with Crippen molar-refractivity contribution in [2.75, 3.05) is 46.9 Å². The predicted molar refractivity (Wildman–Crippen MR) is 157 cm³/mol. The van der Waals surface area contributed by atoms with E-state index in [1.54, 1.807) is 49.5 Å². The summed E-state index contributed by atoms with van der Waals surface area (Å²) in [5.41, 5.74) is 2.98. The zero-order valence-corrected chi connectivity index (χ0v) is 23.0. The highest BCUT2D eigenvalue weighted by Gasteiger charge is 2.27. The lowest BCUT2D eigenvalue weighted by molar-refractivity contribution is -0.384. The number of ether oxygens (including phenoxy) is 2. The molecule has 1 aliphatic rings. The van der Waals surface area contributed by atoms with Crippen LogP contribution in [0.3, 0.4) is 0 Å². The molecule has 1 aromatic heterocycles. The number of rotatable bonds is 9. The van der Waals surface area contributed by atoms with Gasteiger partial charge in [0.05, 0.1) is 30.5 Å². The monoisotopic (exact) mass is 553 g/mol. The Morgan fingerprint density at radius 3 is 2.44 bits per heavy atom. The van der Waals surface area contributed by atoms with Crippen molar-refractivity contribution in [2.24, 2.45) is 0 Å². The van der Waals surface area contributed by atoms with Gasteiger partial charge in [0.25, 0.3) is 11.6 Å². The van der Waals surface area contributed by atoms with E-state index >= 15 is 0 Å². The van der Waals surface area contributed by atoms with Crippen molar-refractivity contribution in [3.63, 3.8) is 0 Å².